The minimum absolute atomic E-state index is 0.0708. The average molecular weight is 236 g/mol. The second-order valence-electron chi connectivity index (χ2n) is 4.58. The average Bonchev–Trinajstić information content (AvgIpc) is 2.33. The summed E-state index contributed by atoms with van der Waals surface area (Å²) < 4.78 is 0. The summed E-state index contributed by atoms with van der Waals surface area (Å²) in [6, 6.07) is 5.73. The lowest BCUT2D eigenvalue weighted by atomic mass is 10.1. The number of aromatic hydroxyl groups is 1. The highest BCUT2D eigenvalue weighted by molar-refractivity contribution is 5.53. The third-order valence-corrected chi connectivity index (χ3v) is 3.32. The van der Waals surface area contributed by atoms with Crippen LogP contribution in [-0.4, -0.2) is 54.9 Å². The Labute approximate surface area is 102 Å². The van der Waals surface area contributed by atoms with Crippen molar-refractivity contribution in [3.8, 4) is 5.75 Å². The summed E-state index contributed by atoms with van der Waals surface area (Å²) in [7, 11) is 2.12. The summed E-state index contributed by atoms with van der Waals surface area (Å²) in [5, 5.41) is 18.7. The molecule has 2 N–H and O–H groups in total. The van der Waals surface area contributed by atoms with Gasteiger partial charge in [-0.1, -0.05) is 6.07 Å². The third-order valence-electron chi connectivity index (χ3n) is 3.32. The van der Waals surface area contributed by atoms with Crippen molar-refractivity contribution in [1.29, 1.82) is 0 Å². The van der Waals surface area contributed by atoms with Gasteiger partial charge in [-0.2, -0.15) is 0 Å². The van der Waals surface area contributed by atoms with Gasteiger partial charge in [-0.3, -0.25) is 0 Å². The van der Waals surface area contributed by atoms with E-state index in [9.17, 15) is 5.11 Å². The molecule has 1 fully saturated rings. The van der Waals surface area contributed by atoms with Crippen LogP contribution in [0.15, 0.2) is 18.2 Å². The lowest BCUT2D eigenvalue weighted by Gasteiger charge is -2.34. The molecule has 17 heavy (non-hydrogen) atoms. The summed E-state index contributed by atoms with van der Waals surface area (Å²) in [6.07, 6.45) is 0.509. The number of hydrogen-bond acceptors (Lipinski definition) is 4. The lowest BCUT2D eigenvalue weighted by Crippen LogP contribution is -2.44. The zero-order valence-electron chi connectivity index (χ0n) is 10.3. The van der Waals surface area contributed by atoms with Gasteiger partial charge in [0, 0.05) is 44.5 Å². The number of nitrogens with zero attached hydrogens (tertiary/aromatic N) is 2. The van der Waals surface area contributed by atoms with E-state index in [-0.39, 0.29) is 12.4 Å². The minimum atomic E-state index is 0.0708. The highest BCUT2D eigenvalue weighted by Crippen LogP contribution is 2.25. The number of hydrogen-bond donors (Lipinski definition) is 2. The Morgan fingerprint density at radius 1 is 1.18 bits per heavy atom. The molecule has 1 aromatic rings. The predicted octanol–water partition coefficient (Wildman–Crippen LogP) is 0.679. The van der Waals surface area contributed by atoms with Gasteiger partial charge in [0.25, 0.3) is 0 Å². The van der Waals surface area contributed by atoms with E-state index in [1.807, 2.05) is 12.1 Å². The number of aliphatic hydroxyl groups is 1. The van der Waals surface area contributed by atoms with Crippen LogP contribution >= 0.6 is 0 Å². The molecule has 0 saturated carbocycles. The molecule has 0 aromatic heterocycles. The second-order valence-corrected chi connectivity index (χ2v) is 4.58. The van der Waals surface area contributed by atoms with Crippen molar-refractivity contribution in [1.82, 2.24) is 4.90 Å². The van der Waals surface area contributed by atoms with Gasteiger partial charge in [0.2, 0.25) is 0 Å². The molecule has 1 saturated heterocycles. The van der Waals surface area contributed by atoms with Crippen LogP contribution in [-0.2, 0) is 6.42 Å². The van der Waals surface area contributed by atoms with E-state index in [0.29, 0.717) is 6.42 Å². The van der Waals surface area contributed by atoms with Crippen molar-refractivity contribution in [3.05, 3.63) is 23.8 Å². The normalized spacial score (nSPS) is 17.4. The van der Waals surface area contributed by atoms with Crippen molar-refractivity contribution in [2.24, 2.45) is 0 Å². The van der Waals surface area contributed by atoms with E-state index in [0.717, 1.165) is 37.4 Å². The molecule has 94 valence electrons. The van der Waals surface area contributed by atoms with E-state index in [2.05, 4.69) is 16.8 Å². The summed E-state index contributed by atoms with van der Waals surface area (Å²) in [5.41, 5.74) is 1.88. The molecule has 4 nitrogen and oxygen atoms in total. The number of piperazine rings is 1. The molecule has 1 aliphatic heterocycles. The fourth-order valence-corrected chi connectivity index (χ4v) is 2.15. The Morgan fingerprint density at radius 2 is 1.88 bits per heavy atom. The maximum absolute atomic E-state index is 9.86. The molecule has 1 aliphatic rings. The van der Waals surface area contributed by atoms with Crippen molar-refractivity contribution in [3.63, 3.8) is 0 Å². The number of benzene rings is 1. The SMILES string of the molecule is CN1CCN(c2ccc(CCO)c(O)c2)CC1. The molecule has 0 aliphatic carbocycles. The molecule has 1 heterocycles. The topological polar surface area (TPSA) is 46.9 Å². The number of likely N-dealkylation sites (N-methyl/N-ethyl adjacent to an activating group) is 1. The van der Waals surface area contributed by atoms with Gasteiger partial charge in [0.05, 0.1) is 0 Å². The van der Waals surface area contributed by atoms with Crippen LogP contribution in [0.4, 0.5) is 5.69 Å². The van der Waals surface area contributed by atoms with Crippen LogP contribution < -0.4 is 4.90 Å². The molecule has 0 bridgehead atoms. The monoisotopic (exact) mass is 236 g/mol. The van der Waals surface area contributed by atoms with Crippen LogP contribution in [0.25, 0.3) is 0 Å². The molecular weight excluding hydrogens is 216 g/mol. The van der Waals surface area contributed by atoms with Crippen LogP contribution in [0, 0.1) is 0 Å². The van der Waals surface area contributed by atoms with Crippen LogP contribution in [0.1, 0.15) is 5.56 Å². The molecule has 4 heteroatoms. The van der Waals surface area contributed by atoms with Gasteiger partial charge >= 0.3 is 0 Å². The molecular formula is C13H20N2O2. The zero-order chi connectivity index (χ0) is 12.3. The zero-order valence-corrected chi connectivity index (χ0v) is 10.3. The molecule has 2 rings (SSSR count). The van der Waals surface area contributed by atoms with E-state index in [1.54, 1.807) is 6.07 Å². The number of rotatable bonds is 3. The van der Waals surface area contributed by atoms with E-state index in [1.165, 1.54) is 0 Å². The van der Waals surface area contributed by atoms with E-state index >= 15 is 0 Å². The second kappa shape index (κ2) is 5.38. The van der Waals surface area contributed by atoms with Crippen molar-refractivity contribution in [2.45, 2.75) is 6.42 Å². The summed E-state index contributed by atoms with van der Waals surface area (Å²) in [5.74, 6) is 0.287. The Balaban J connectivity index is 2.09. The third kappa shape index (κ3) is 2.90. The van der Waals surface area contributed by atoms with Gasteiger partial charge < -0.3 is 20.0 Å². The molecule has 0 atom stereocenters. The number of anilines is 1. The Bertz CT molecular complexity index is 374. The van der Waals surface area contributed by atoms with E-state index in [4.69, 9.17) is 5.11 Å². The smallest absolute Gasteiger partial charge is 0.120 e. The Morgan fingerprint density at radius 3 is 2.47 bits per heavy atom. The van der Waals surface area contributed by atoms with Crippen LogP contribution in [0.2, 0.25) is 0 Å². The Kier molecular flexibility index (Phi) is 3.86. The van der Waals surface area contributed by atoms with E-state index < -0.39 is 0 Å². The van der Waals surface area contributed by atoms with Gasteiger partial charge in [-0.05, 0) is 25.1 Å². The van der Waals surface area contributed by atoms with Crippen LogP contribution in [0.5, 0.6) is 5.75 Å². The highest BCUT2D eigenvalue weighted by Gasteiger charge is 2.15. The maximum Gasteiger partial charge on any atom is 0.120 e. The lowest BCUT2D eigenvalue weighted by molar-refractivity contribution is 0.297. The fourth-order valence-electron chi connectivity index (χ4n) is 2.15. The molecule has 0 spiro atoms. The van der Waals surface area contributed by atoms with Crippen LogP contribution in [0.3, 0.4) is 0 Å². The number of phenols is 1. The standard InChI is InChI=1S/C13H20N2O2/c1-14-5-7-15(8-6-14)12-3-2-11(4-9-16)13(17)10-12/h2-3,10,16-17H,4-9H2,1H3. The largest absolute Gasteiger partial charge is 0.508 e. The molecule has 0 radical (unpaired) electrons. The first-order valence-corrected chi connectivity index (χ1v) is 6.07. The van der Waals surface area contributed by atoms with Crippen molar-refractivity contribution >= 4 is 5.69 Å². The van der Waals surface area contributed by atoms with Crippen molar-refractivity contribution in [2.75, 3.05) is 44.7 Å². The molecule has 1 aromatic carbocycles. The maximum atomic E-state index is 9.86. The quantitative estimate of drug-likeness (QED) is 0.810. The predicted molar refractivity (Wildman–Crippen MR) is 68.6 cm³/mol. The summed E-state index contributed by atoms with van der Waals surface area (Å²) >= 11 is 0. The summed E-state index contributed by atoms with van der Waals surface area (Å²) in [6.45, 7) is 4.17. The van der Waals surface area contributed by atoms with Crippen molar-refractivity contribution < 1.29 is 10.2 Å². The fraction of sp³-hybridized carbons (Fsp3) is 0.538. The first-order valence-electron chi connectivity index (χ1n) is 6.07. The summed E-state index contributed by atoms with van der Waals surface area (Å²) in [4.78, 5) is 4.58. The minimum Gasteiger partial charge on any atom is -0.508 e. The van der Waals surface area contributed by atoms with Gasteiger partial charge in [0.15, 0.2) is 0 Å². The van der Waals surface area contributed by atoms with Gasteiger partial charge in [-0.15, -0.1) is 0 Å². The van der Waals surface area contributed by atoms with Gasteiger partial charge in [0.1, 0.15) is 5.75 Å². The molecule has 0 amide bonds. The first kappa shape index (κ1) is 12.2. The van der Waals surface area contributed by atoms with Gasteiger partial charge in [-0.25, -0.2) is 0 Å². The Hall–Kier alpha value is -1.26. The number of aliphatic hydroxyl groups excluding tert-OH is 1. The number of phenolic OH excluding ortho intramolecular Hbond substituents is 1. The molecule has 0 unspecified atom stereocenters. The highest BCUT2D eigenvalue weighted by atomic mass is 16.3. The first-order chi connectivity index (χ1) is 8.20.